The molecule has 0 amide bonds. The van der Waals surface area contributed by atoms with Crippen molar-refractivity contribution in [3.63, 3.8) is 0 Å². The maximum atomic E-state index is 10.5. The number of aryl methyl sites for hydroxylation is 1. The monoisotopic (exact) mass is 770 g/mol. The summed E-state index contributed by atoms with van der Waals surface area (Å²) in [6, 6.07) is 45.8. The van der Waals surface area contributed by atoms with Crippen LogP contribution in [0.3, 0.4) is 0 Å². The standard InChI is InChI=1S/C39H31N2O3.Pt/c1-26-20-30-18-19-35(40-37(30)34(42)21-26)44-33-23-31(27-12-6-3-7-13-27)22-32(24-33)38-41-39(2,25-43-38)36(28-14-8-4-9-15-28)29-16-10-5-11-17-29;/h3-23,36,42H,25H2,1-2H3;/q-1;/t39-;/m1./s1. The molecule has 0 spiro atoms. The van der Waals surface area contributed by atoms with E-state index < -0.39 is 5.54 Å². The third-order valence-electron chi connectivity index (χ3n) is 8.03. The maximum Gasteiger partial charge on any atom is 0.217 e. The van der Waals surface area contributed by atoms with E-state index in [-0.39, 0.29) is 32.7 Å². The number of benzene rings is 5. The predicted molar refractivity (Wildman–Crippen MR) is 175 cm³/mol. The molecule has 0 unspecified atom stereocenters. The van der Waals surface area contributed by atoms with Gasteiger partial charge in [0.2, 0.25) is 5.88 Å². The van der Waals surface area contributed by atoms with Crippen LogP contribution in [0.25, 0.3) is 22.0 Å². The first-order valence-electron chi connectivity index (χ1n) is 14.7. The minimum atomic E-state index is -0.550. The zero-order valence-electron chi connectivity index (χ0n) is 24.9. The fourth-order valence-electron chi connectivity index (χ4n) is 6.02. The van der Waals surface area contributed by atoms with Crippen molar-refractivity contribution in [2.75, 3.05) is 6.61 Å². The van der Waals surface area contributed by atoms with Gasteiger partial charge in [0.25, 0.3) is 0 Å². The Balaban J connectivity index is 0.00000357. The Labute approximate surface area is 277 Å². The van der Waals surface area contributed by atoms with Gasteiger partial charge in [-0.1, -0.05) is 114 Å². The number of hydrogen-bond acceptors (Lipinski definition) is 5. The van der Waals surface area contributed by atoms with Crippen molar-refractivity contribution < 1.29 is 35.6 Å². The van der Waals surface area contributed by atoms with E-state index >= 15 is 0 Å². The molecule has 2 heterocycles. The second-order valence-electron chi connectivity index (χ2n) is 11.4. The van der Waals surface area contributed by atoms with E-state index in [1.807, 2.05) is 61.5 Å². The van der Waals surface area contributed by atoms with E-state index in [1.54, 1.807) is 12.1 Å². The van der Waals surface area contributed by atoms with Crippen LogP contribution in [-0.4, -0.2) is 28.1 Å². The van der Waals surface area contributed by atoms with Crippen molar-refractivity contribution >= 4 is 16.8 Å². The summed E-state index contributed by atoms with van der Waals surface area (Å²) in [5.74, 6) is 1.46. The van der Waals surface area contributed by atoms with Crippen molar-refractivity contribution in [1.82, 2.24) is 4.98 Å². The third-order valence-corrected chi connectivity index (χ3v) is 8.03. The maximum absolute atomic E-state index is 10.5. The molecule has 0 saturated heterocycles. The van der Waals surface area contributed by atoms with Crippen LogP contribution in [0, 0.1) is 13.0 Å². The van der Waals surface area contributed by atoms with E-state index in [9.17, 15) is 5.11 Å². The summed E-state index contributed by atoms with van der Waals surface area (Å²) < 4.78 is 12.7. The van der Waals surface area contributed by atoms with Crippen molar-refractivity contribution in [2.45, 2.75) is 25.3 Å². The molecule has 5 nitrogen and oxygen atoms in total. The molecule has 0 fully saturated rings. The smallest absolute Gasteiger partial charge is 0.217 e. The molecule has 0 aliphatic carbocycles. The quantitative estimate of drug-likeness (QED) is 0.165. The fourth-order valence-corrected chi connectivity index (χ4v) is 6.02. The van der Waals surface area contributed by atoms with E-state index in [4.69, 9.17) is 14.5 Å². The molecule has 1 aromatic heterocycles. The van der Waals surface area contributed by atoms with Gasteiger partial charge in [-0.2, -0.15) is 0 Å². The summed E-state index contributed by atoms with van der Waals surface area (Å²) in [6.07, 6.45) is 0. The van der Waals surface area contributed by atoms with Crippen LogP contribution in [-0.2, 0) is 25.8 Å². The van der Waals surface area contributed by atoms with Crippen LogP contribution >= 0.6 is 0 Å². The molecule has 1 N–H and O–H groups in total. The van der Waals surface area contributed by atoms with Crippen LogP contribution in [0.2, 0.25) is 0 Å². The van der Waals surface area contributed by atoms with Gasteiger partial charge in [0, 0.05) is 44.2 Å². The largest absolute Gasteiger partial charge is 0.518 e. The minimum Gasteiger partial charge on any atom is -0.518 e. The van der Waals surface area contributed by atoms with Gasteiger partial charge in [0.05, 0.1) is 5.54 Å². The summed E-state index contributed by atoms with van der Waals surface area (Å²) in [4.78, 5) is 9.85. The summed E-state index contributed by atoms with van der Waals surface area (Å²) in [7, 11) is 0. The number of aliphatic imine (C=N–C) groups is 1. The van der Waals surface area contributed by atoms with Gasteiger partial charge in [-0.25, -0.2) is 4.98 Å². The molecular formula is C39H31N2O3Pt-. The number of nitrogens with zero attached hydrogens (tertiary/aromatic N) is 2. The van der Waals surface area contributed by atoms with E-state index in [0.29, 0.717) is 35.2 Å². The number of pyridine rings is 1. The molecule has 0 bridgehead atoms. The van der Waals surface area contributed by atoms with Gasteiger partial charge in [-0.15, -0.1) is 6.07 Å². The molecule has 6 aromatic rings. The predicted octanol–water partition coefficient (Wildman–Crippen LogP) is 8.87. The van der Waals surface area contributed by atoms with Crippen LogP contribution in [0.5, 0.6) is 17.4 Å². The number of phenols is 1. The second kappa shape index (κ2) is 12.7. The summed E-state index contributed by atoms with van der Waals surface area (Å²) in [5.41, 5.74) is 5.93. The molecule has 7 rings (SSSR count). The minimum absolute atomic E-state index is 0. The molecule has 5 aromatic carbocycles. The summed E-state index contributed by atoms with van der Waals surface area (Å²) in [5, 5.41) is 11.4. The molecule has 1 aliphatic heterocycles. The second-order valence-corrected chi connectivity index (χ2v) is 11.4. The first-order valence-corrected chi connectivity index (χ1v) is 14.7. The number of hydrogen-bond donors (Lipinski definition) is 1. The first-order chi connectivity index (χ1) is 21.4. The third kappa shape index (κ3) is 6.27. The number of aromatic nitrogens is 1. The van der Waals surface area contributed by atoms with Gasteiger partial charge < -0.3 is 14.6 Å². The van der Waals surface area contributed by atoms with Crippen molar-refractivity contribution in [3.05, 3.63) is 156 Å². The number of ether oxygens (including phenoxy) is 2. The summed E-state index contributed by atoms with van der Waals surface area (Å²) >= 11 is 0. The number of rotatable bonds is 7. The van der Waals surface area contributed by atoms with E-state index in [2.05, 4.69) is 78.6 Å². The van der Waals surface area contributed by atoms with Gasteiger partial charge >= 0.3 is 0 Å². The normalized spacial score (nSPS) is 15.8. The average Bonchev–Trinajstić information content (AvgIpc) is 3.45. The van der Waals surface area contributed by atoms with Crippen molar-refractivity contribution in [1.29, 1.82) is 0 Å². The number of phenolic OH excluding ortho intramolecular Hbond substituents is 1. The Morgan fingerprint density at radius 1 is 0.800 bits per heavy atom. The molecule has 6 heteroatoms. The Bertz CT molecular complexity index is 1940. The Hall–Kier alpha value is -4.73. The Kier molecular flexibility index (Phi) is 8.56. The Morgan fingerprint density at radius 2 is 1.44 bits per heavy atom. The molecule has 0 radical (unpaired) electrons. The fraction of sp³-hybridized carbons (Fsp3) is 0.128. The van der Waals surface area contributed by atoms with Gasteiger partial charge in [0.1, 0.15) is 23.8 Å². The van der Waals surface area contributed by atoms with E-state index in [1.165, 1.54) is 11.1 Å². The zero-order valence-corrected chi connectivity index (χ0v) is 27.2. The molecule has 1 atom stereocenters. The molecular weight excluding hydrogens is 740 g/mol. The van der Waals surface area contributed by atoms with E-state index in [0.717, 1.165) is 22.1 Å². The van der Waals surface area contributed by atoms with Crippen LogP contribution in [0.15, 0.2) is 132 Å². The van der Waals surface area contributed by atoms with Gasteiger partial charge in [-0.05, 0) is 54.3 Å². The van der Waals surface area contributed by atoms with Crippen LogP contribution in [0.1, 0.15) is 35.1 Å². The van der Waals surface area contributed by atoms with Crippen LogP contribution < -0.4 is 4.74 Å². The summed E-state index contributed by atoms with van der Waals surface area (Å²) in [6.45, 7) is 4.51. The van der Waals surface area contributed by atoms with Gasteiger partial charge in [0.15, 0.2) is 0 Å². The number of fused-ring (bicyclic) bond motifs is 1. The molecule has 226 valence electrons. The SMILES string of the molecule is Cc1cc(O)c2nc(Oc3[c-]c(C4=N[C@@](C)(C(c5ccccc5)c5ccccc5)CO4)cc(-c4ccccc4)c3)ccc2c1.[Pt]. The van der Waals surface area contributed by atoms with Crippen molar-refractivity contribution in [3.8, 4) is 28.5 Å². The molecule has 0 saturated carbocycles. The first kappa shape index (κ1) is 30.3. The topological polar surface area (TPSA) is 63.9 Å². The number of aromatic hydroxyl groups is 1. The van der Waals surface area contributed by atoms with Crippen LogP contribution in [0.4, 0.5) is 0 Å². The molecule has 45 heavy (non-hydrogen) atoms. The van der Waals surface area contributed by atoms with Crippen molar-refractivity contribution in [2.24, 2.45) is 4.99 Å². The Morgan fingerprint density at radius 3 is 2.11 bits per heavy atom. The molecule has 1 aliphatic rings. The zero-order chi connectivity index (χ0) is 30.1. The van der Waals surface area contributed by atoms with Gasteiger partial charge in [-0.3, -0.25) is 4.99 Å². The average molecular weight is 771 g/mol.